The minimum atomic E-state index is 0.0112. The lowest BCUT2D eigenvalue weighted by molar-refractivity contribution is 0.0827. The molecule has 0 aliphatic carbocycles. The van der Waals surface area contributed by atoms with Crippen molar-refractivity contribution in [3.8, 4) is 0 Å². The van der Waals surface area contributed by atoms with Crippen LogP contribution in [-0.4, -0.2) is 62.0 Å². The van der Waals surface area contributed by atoms with E-state index in [0.29, 0.717) is 11.6 Å². The summed E-state index contributed by atoms with van der Waals surface area (Å²) in [7, 11) is 3.53. The van der Waals surface area contributed by atoms with Gasteiger partial charge in [0, 0.05) is 51.9 Å². The number of hydrogen-bond acceptors (Lipinski definition) is 4. The van der Waals surface area contributed by atoms with E-state index in [1.165, 1.54) is 0 Å². The summed E-state index contributed by atoms with van der Waals surface area (Å²) in [6, 6.07) is 6.13. The highest BCUT2D eigenvalue weighted by Crippen LogP contribution is 2.26. The number of nitrogens with two attached hydrogens (primary N) is 1. The number of hydrogen-bond donors (Lipinski definition) is 1. The van der Waals surface area contributed by atoms with Crippen LogP contribution in [-0.2, 0) is 0 Å². The highest BCUT2D eigenvalue weighted by atomic mass is 16.2. The summed E-state index contributed by atoms with van der Waals surface area (Å²) in [5.74, 6) is 0.0112. The molecule has 2 rings (SSSR count). The van der Waals surface area contributed by atoms with Gasteiger partial charge in [-0.3, -0.25) is 9.69 Å². The molecule has 1 aromatic rings. The lowest BCUT2D eigenvalue weighted by Crippen LogP contribution is -2.49. The third kappa shape index (κ3) is 3.47. The van der Waals surface area contributed by atoms with E-state index >= 15 is 0 Å². The first-order chi connectivity index (χ1) is 9.90. The molecule has 116 valence electrons. The molecule has 1 aliphatic heterocycles. The van der Waals surface area contributed by atoms with E-state index in [0.717, 1.165) is 37.6 Å². The standard InChI is InChI=1S/C16H26N4O/c1-12(2)19-7-9-20(10-8-19)15-11-13(5-6-14(15)17)16(21)18(3)4/h5-6,11-12H,7-10,17H2,1-4H3. The molecule has 1 fully saturated rings. The highest BCUT2D eigenvalue weighted by molar-refractivity contribution is 5.96. The fraction of sp³-hybridized carbons (Fsp3) is 0.562. The van der Waals surface area contributed by atoms with Gasteiger partial charge in [-0.2, -0.15) is 0 Å². The quantitative estimate of drug-likeness (QED) is 0.857. The number of carbonyl (C=O) groups is 1. The van der Waals surface area contributed by atoms with Crippen LogP contribution in [0.2, 0.25) is 0 Å². The van der Waals surface area contributed by atoms with E-state index in [4.69, 9.17) is 5.73 Å². The van der Waals surface area contributed by atoms with Crippen LogP contribution in [0.1, 0.15) is 24.2 Å². The average molecular weight is 290 g/mol. The second-order valence-corrected chi connectivity index (χ2v) is 6.09. The van der Waals surface area contributed by atoms with Gasteiger partial charge in [-0.25, -0.2) is 0 Å². The van der Waals surface area contributed by atoms with E-state index in [1.54, 1.807) is 25.1 Å². The van der Waals surface area contributed by atoms with Gasteiger partial charge in [0.05, 0.1) is 11.4 Å². The predicted octanol–water partition coefficient (Wildman–Crippen LogP) is 1.50. The zero-order valence-corrected chi connectivity index (χ0v) is 13.5. The number of piperazine rings is 1. The normalized spacial score (nSPS) is 16.3. The van der Waals surface area contributed by atoms with Crippen molar-refractivity contribution in [3.05, 3.63) is 23.8 Å². The van der Waals surface area contributed by atoms with Gasteiger partial charge in [-0.05, 0) is 32.0 Å². The Hall–Kier alpha value is -1.75. The maximum Gasteiger partial charge on any atom is 0.253 e. The Balaban J connectivity index is 2.17. The second kappa shape index (κ2) is 6.35. The van der Waals surface area contributed by atoms with Gasteiger partial charge in [-0.1, -0.05) is 0 Å². The molecule has 1 aromatic carbocycles. The van der Waals surface area contributed by atoms with Crippen molar-refractivity contribution < 1.29 is 4.79 Å². The third-order valence-electron chi connectivity index (χ3n) is 4.07. The van der Waals surface area contributed by atoms with Gasteiger partial charge >= 0.3 is 0 Å². The zero-order valence-electron chi connectivity index (χ0n) is 13.5. The smallest absolute Gasteiger partial charge is 0.253 e. The summed E-state index contributed by atoms with van der Waals surface area (Å²) < 4.78 is 0. The summed E-state index contributed by atoms with van der Waals surface area (Å²) in [4.78, 5) is 18.4. The van der Waals surface area contributed by atoms with Crippen LogP contribution in [0.3, 0.4) is 0 Å². The van der Waals surface area contributed by atoms with Gasteiger partial charge in [0.2, 0.25) is 0 Å². The Morgan fingerprint density at radius 3 is 2.33 bits per heavy atom. The molecule has 0 atom stereocenters. The second-order valence-electron chi connectivity index (χ2n) is 6.09. The monoisotopic (exact) mass is 290 g/mol. The van der Waals surface area contributed by atoms with Gasteiger partial charge in [-0.15, -0.1) is 0 Å². The summed E-state index contributed by atoms with van der Waals surface area (Å²) in [6.45, 7) is 8.40. The van der Waals surface area contributed by atoms with E-state index in [9.17, 15) is 4.79 Å². The molecule has 0 bridgehead atoms. The van der Waals surface area contributed by atoms with Crippen LogP contribution in [0.5, 0.6) is 0 Å². The van der Waals surface area contributed by atoms with Crippen molar-refractivity contribution in [3.63, 3.8) is 0 Å². The average Bonchev–Trinajstić information content (AvgIpc) is 2.47. The molecule has 0 spiro atoms. The predicted molar refractivity (Wildman–Crippen MR) is 87.8 cm³/mol. The van der Waals surface area contributed by atoms with Crippen LogP contribution < -0.4 is 10.6 Å². The molecule has 0 unspecified atom stereocenters. The lowest BCUT2D eigenvalue weighted by atomic mass is 10.1. The maximum absolute atomic E-state index is 12.1. The topological polar surface area (TPSA) is 52.8 Å². The van der Waals surface area contributed by atoms with Crippen molar-refractivity contribution in [2.24, 2.45) is 0 Å². The van der Waals surface area contributed by atoms with E-state index in [-0.39, 0.29) is 5.91 Å². The van der Waals surface area contributed by atoms with Crippen LogP contribution in [0, 0.1) is 0 Å². The maximum atomic E-state index is 12.1. The minimum Gasteiger partial charge on any atom is -0.397 e. The van der Waals surface area contributed by atoms with Gasteiger partial charge in [0.15, 0.2) is 0 Å². The minimum absolute atomic E-state index is 0.0112. The number of amides is 1. The van der Waals surface area contributed by atoms with Crippen LogP contribution in [0.25, 0.3) is 0 Å². The van der Waals surface area contributed by atoms with Crippen LogP contribution in [0.4, 0.5) is 11.4 Å². The third-order valence-corrected chi connectivity index (χ3v) is 4.07. The fourth-order valence-electron chi connectivity index (χ4n) is 2.69. The van der Waals surface area contributed by atoms with Crippen molar-refractivity contribution >= 4 is 17.3 Å². The first-order valence-corrected chi connectivity index (χ1v) is 7.50. The lowest BCUT2D eigenvalue weighted by Gasteiger charge is -2.38. The Morgan fingerprint density at radius 2 is 1.81 bits per heavy atom. The van der Waals surface area contributed by atoms with E-state index in [1.807, 2.05) is 12.1 Å². The van der Waals surface area contributed by atoms with Crippen LogP contribution >= 0.6 is 0 Å². The molecule has 1 aliphatic rings. The Bertz CT molecular complexity index is 505. The van der Waals surface area contributed by atoms with Crippen molar-refractivity contribution in [1.29, 1.82) is 0 Å². The molecule has 0 saturated carbocycles. The summed E-state index contributed by atoms with van der Waals surface area (Å²) in [5.41, 5.74) is 8.52. The number of anilines is 2. The molecule has 0 aromatic heterocycles. The van der Waals surface area contributed by atoms with E-state index < -0.39 is 0 Å². The van der Waals surface area contributed by atoms with Crippen molar-refractivity contribution in [2.45, 2.75) is 19.9 Å². The Morgan fingerprint density at radius 1 is 1.19 bits per heavy atom. The molecular weight excluding hydrogens is 264 g/mol. The number of benzene rings is 1. The van der Waals surface area contributed by atoms with Gasteiger partial charge in [0.1, 0.15) is 0 Å². The number of rotatable bonds is 3. The molecule has 0 radical (unpaired) electrons. The fourth-order valence-corrected chi connectivity index (χ4v) is 2.69. The summed E-state index contributed by atoms with van der Waals surface area (Å²) in [5, 5.41) is 0. The SMILES string of the molecule is CC(C)N1CCN(c2cc(C(=O)N(C)C)ccc2N)CC1. The van der Waals surface area contributed by atoms with Crippen molar-refractivity contribution in [2.75, 3.05) is 50.9 Å². The number of nitrogens with zero attached hydrogens (tertiary/aromatic N) is 3. The molecule has 1 saturated heterocycles. The summed E-state index contributed by atoms with van der Waals surface area (Å²) >= 11 is 0. The molecule has 1 heterocycles. The highest BCUT2D eigenvalue weighted by Gasteiger charge is 2.21. The van der Waals surface area contributed by atoms with E-state index in [2.05, 4.69) is 23.6 Å². The van der Waals surface area contributed by atoms with Gasteiger partial charge in [0.25, 0.3) is 5.91 Å². The summed E-state index contributed by atoms with van der Waals surface area (Å²) in [6.07, 6.45) is 0. The molecule has 5 heteroatoms. The molecular formula is C16H26N4O. The molecule has 21 heavy (non-hydrogen) atoms. The largest absolute Gasteiger partial charge is 0.397 e. The van der Waals surface area contributed by atoms with Gasteiger partial charge < -0.3 is 15.5 Å². The first kappa shape index (κ1) is 15.6. The van der Waals surface area contributed by atoms with Crippen LogP contribution in [0.15, 0.2) is 18.2 Å². The number of nitrogen functional groups attached to an aromatic ring is 1. The first-order valence-electron chi connectivity index (χ1n) is 7.50. The molecule has 2 N–H and O–H groups in total. The van der Waals surface area contributed by atoms with Crippen molar-refractivity contribution in [1.82, 2.24) is 9.80 Å². The molecule has 1 amide bonds. The molecule has 5 nitrogen and oxygen atoms in total. The number of carbonyl (C=O) groups excluding carboxylic acids is 1. The Kier molecular flexibility index (Phi) is 4.73. The Labute approximate surface area is 127 Å². The zero-order chi connectivity index (χ0) is 15.6.